The molecule has 5 heteroatoms. The Balaban J connectivity index is 2.23. The van der Waals surface area contributed by atoms with Crippen LogP contribution in [0.15, 0.2) is 24.3 Å². The van der Waals surface area contributed by atoms with Gasteiger partial charge in [-0.05, 0) is 37.1 Å². The van der Waals surface area contributed by atoms with Gasteiger partial charge >= 0.3 is 0 Å². The summed E-state index contributed by atoms with van der Waals surface area (Å²) in [7, 11) is 0. The van der Waals surface area contributed by atoms with Crippen LogP contribution in [0.1, 0.15) is 18.9 Å². The molecule has 0 atom stereocenters. The van der Waals surface area contributed by atoms with E-state index in [1.54, 1.807) is 12.1 Å². The van der Waals surface area contributed by atoms with Gasteiger partial charge in [0.15, 0.2) is 0 Å². The number of carbonyl (C=O) groups is 1. The monoisotopic (exact) mass is 282 g/mol. The third-order valence-electron chi connectivity index (χ3n) is 3.10. The summed E-state index contributed by atoms with van der Waals surface area (Å²) in [5, 5.41) is 11.6. The SMILES string of the molecule is CCN(CCCO)CC(=O)NCCc1ccc(F)cc1. The fourth-order valence-corrected chi connectivity index (χ4v) is 1.90. The first-order valence-corrected chi connectivity index (χ1v) is 7.00. The molecule has 0 aliphatic heterocycles. The molecule has 0 saturated heterocycles. The summed E-state index contributed by atoms with van der Waals surface area (Å²) >= 11 is 0. The molecule has 0 heterocycles. The van der Waals surface area contributed by atoms with Crippen molar-refractivity contribution < 1.29 is 14.3 Å². The van der Waals surface area contributed by atoms with Gasteiger partial charge in [-0.3, -0.25) is 9.69 Å². The Bertz CT molecular complexity index is 395. The van der Waals surface area contributed by atoms with Gasteiger partial charge in [0.1, 0.15) is 5.82 Å². The third-order valence-corrected chi connectivity index (χ3v) is 3.10. The van der Waals surface area contributed by atoms with Crippen molar-refractivity contribution in [3.05, 3.63) is 35.6 Å². The maximum Gasteiger partial charge on any atom is 0.234 e. The summed E-state index contributed by atoms with van der Waals surface area (Å²) in [4.78, 5) is 13.7. The second-order valence-corrected chi connectivity index (χ2v) is 4.67. The summed E-state index contributed by atoms with van der Waals surface area (Å²) in [5.41, 5.74) is 0.999. The van der Waals surface area contributed by atoms with Crippen LogP contribution >= 0.6 is 0 Å². The van der Waals surface area contributed by atoms with E-state index in [9.17, 15) is 9.18 Å². The Morgan fingerprint density at radius 1 is 1.35 bits per heavy atom. The maximum atomic E-state index is 12.7. The normalized spacial score (nSPS) is 10.8. The maximum absolute atomic E-state index is 12.7. The van der Waals surface area contributed by atoms with Gasteiger partial charge in [-0.25, -0.2) is 4.39 Å². The summed E-state index contributed by atoms with van der Waals surface area (Å²) in [6.45, 7) is 4.53. The number of carbonyl (C=O) groups excluding carboxylic acids is 1. The van der Waals surface area contributed by atoms with Crippen LogP contribution in [-0.2, 0) is 11.2 Å². The number of likely N-dealkylation sites (N-methyl/N-ethyl adjacent to an activating group) is 1. The number of nitrogens with one attached hydrogen (secondary N) is 1. The van der Waals surface area contributed by atoms with Crippen molar-refractivity contribution in [1.29, 1.82) is 0 Å². The van der Waals surface area contributed by atoms with Gasteiger partial charge in [-0.2, -0.15) is 0 Å². The zero-order valence-electron chi connectivity index (χ0n) is 11.9. The molecule has 0 unspecified atom stereocenters. The minimum atomic E-state index is -0.250. The fraction of sp³-hybridized carbons (Fsp3) is 0.533. The minimum absolute atomic E-state index is 0.0214. The van der Waals surface area contributed by atoms with Gasteiger partial charge in [-0.15, -0.1) is 0 Å². The van der Waals surface area contributed by atoms with Crippen LogP contribution in [-0.4, -0.2) is 48.7 Å². The average molecular weight is 282 g/mol. The lowest BCUT2D eigenvalue weighted by Gasteiger charge is -2.19. The number of rotatable bonds is 9. The largest absolute Gasteiger partial charge is 0.396 e. The van der Waals surface area contributed by atoms with E-state index in [4.69, 9.17) is 5.11 Å². The average Bonchev–Trinajstić information content (AvgIpc) is 2.45. The number of hydrogen-bond donors (Lipinski definition) is 2. The van der Waals surface area contributed by atoms with Gasteiger partial charge in [0.05, 0.1) is 6.54 Å². The van der Waals surface area contributed by atoms with Crippen LogP contribution < -0.4 is 5.32 Å². The number of aliphatic hydroxyl groups excluding tert-OH is 1. The molecular weight excluding hydrogens is 259 g/mol. The van der Waals surface area contributed by atoms with E-state index >= 15 is 0 Å². The van der Waals surface area contributed by atoms with Crippen LogP contribution in [0.3, 0.4) is 0 Å². The van der Waals surface area contributed by atoms with Gasteiger partial charge in [0.25, 0.3) is 0 Å². The highest BCUT2D eigenvalue weighted by molar-refractivity contribution is 5.77. The van der Waals surface area contributed by atoms with Crippen molar-refractivity contribution in [1.82, 2.24) is 10.2 Å². The van der Waals surface area contributed by atoms with Crippen molar-refractivity contribution in [2.75, 3.05) is 32.8 Å². The van der Waals surface area contributed by atoms with Crippen LogP contribution in [0.4, 0.5) is 4.39 Å². The van der Waals surface area contributed by atoms with Gasteiger partial charge in [0, 0.05) is 19.7 Å². The van der Waals surface area contributed by atoms with Crippen LogP contribution in [0.2, 0.25) is 0 Å². The smallest absolute Gasteiger partial charge is 0.234 e. The molecule has 0 radical (unpaired) electrons. The van der Waals surface area contributed by atoms with E-state index in [0.717, 1.165) is 18.7 Å². The highest BCUT2D eigenvalue weighted by atomic mass is 19.1. The molecule has 0 bridgehead atoms. The highest BCUT2D eigenvalue weighted by Crippen LogP contribution is 2.02. The van der Waals surface area contributed by atoms with Crippen molar-refractivity contribution in [2.45, 2.75) is 19.8 Å². The van der Waals surface area contributed by atoms with E-state index < -0.39 is 0 Å². The van der Waals surface area contributed by atoms with E-state index in [1.807, 2.05) is 11.8 Å². The molecule has 2 N–H and O–H groups in total. The molecule has 0 saturated carbocycles. The zero-order valence-corrected chi connectivity index (χ0v) is 11.9. The quantitative estimate of drug-likeness (QED) is 0.715. The Kier molecular flexibility index (Phi) is 7.84. The van der Waals surface area contributed by atoms with Crippen LogP contribution in [0, 0.1) is 5.82 Å². The molecule has 0 spiro atoms. The lowest BCUT2D eigenvalue weighted by Crippen LogP contribution is -2.38. The molecule has 0 aliphatic rings. The second-order valence-electron chi connectivity index (χ2n) is 4.67. The molecule has 1 rings (SSSR count). The van der Waals surface area contributed by atoms with Crippen molar-refractivity contribution in [2.24, 2.45) is 0 Å². The minimum Gasteiger partial charge on any atom is -0.396 e. The Hall–Kier alpha value is -1.46. The molecule has 4 nitrogen and oxygen atoms in total. The predicted octanol–water partition coefficient (Wildman–Crippen LogP) is 1.19. The second kappa shape index (κ2) is 9.44. The van der Waals surface area contributed by atoms with Crippen molar-refractivity contribution >= 4 is 5.91 Å². The highest BCUT2D eigenvalue weighted by Gasteiger charge is 2.08. The van der Waals surface area contributed by atoms with Gasteiger partial charge in [0.2, 0.25) is 5.91 Å². The number of benzene rings is 1. The number of amides is 1. The number of nitrogens with zero attached hydrogens (tertiary/aromatic N) is 1. The van der Waals surface area contributed by atoms with Crippen LogP contribution in [0.5, 0.6) is 0 Å². The Labute approximate surface area is 119 Å². The Morgan fingerprint density at radius 3 is 2.65 bits per heavy atom. The van der Waals surface area contributed by atoms with E-state index in [1.165, 1.54) is 12.1 Å². The van der Waals surface area contributed by atoms with E-state index in [-0.39, 0.29) is 18.3 Å². The first-order chi connectivity index (χ1) is 9.65. The number of halogens is 1. The van der Waals surface area contributed by atoms with E-state index in [0.29, 0.717) is 25.9 Å². The lowest BCUT2D eigenvalue weighted by atomic mass is 10.1. The standard InChI is InChI=1S/C15H23FN2O2/c1-2-18(10-3-11-19)12-15(20)17-9-8-13-4-6-14(16)7-5-13/h4-7,19H,2-3,8-12H2,1H3,(H,17,20). The van der Waals surface area contributed by atoms with Gasteiger partial charge in [-0.1, -0.05) is 19.1 Å². The molecule has 112 valence electrons. The summed E-state index contributed by atoms with van der Waals surface area (Å²) in [6, 6.07) is 6.29. The third kappa shape index (κ3) is 6.63. The predicted molar refractivity (Wildman–Crippen MR) is 76.9 cm³/mol. The molecule has 1 aromatic rings. The van der Waals surface area contributed by atoms with Crippen LogP contribution in [0.25, 0.3) is 0 Å². The molecule has 0 aromatic heterocycles. The lowest BCUT2D eigenvalue weighted by molar-refractivity contribution is -0.122. The molecular formula is C15H23FN2O2. The number of hydrogen-bond acceptors (Lipinski definition) is 3. The number of aliphatic hydroxyl groups is 1. The first kappa shape index (κ1) is 16.6. The van der Waals surface area contributed by atoms with E-state index in [2.05, 4.69) is 5.32 Å². The molecule has 0 fully saturated rings. The zero-order chi connectivity index (χ0) is 14.8. The summed E-state index contributed by atoms with van der Waals surface area (Å²) < 4.78 is 12.7. The Morgan fingerprint density at radius 2 is 2.05 bits per heavy atom. The molecule has 20 heavy (non-hydrogen) atoms. The van der Waals surface area contributed by atoms with Crippen molar-refractivity contribution in [3.63, 3.8) is 0 Å². The topological polar surface area (TPSA) is 52.6 Å². The molecule has 1 amide bonds. The fourth-order valence-electron chi connectivity index (χ4n) is 1.90. The first-order valence-electron chi connectivity index (χ1n) is 7.00. The molecule has 0 aliphatic carbocycles. The van der Waals surface area contributed by atoms with Gasteiger partial charge < -0.3 is 10.4 Å². The molecule has 1 aromatic carbocycles. The summed E-state index contributed by atoms with van der Waals surface area (Å²) in [6.07, 6.45) is 1.37. The summed E-state index contributed by atoms with van der Waals surface area (Å²) in [5.74, 6) is -0.271. The van der Waals surface area contributed by atoms with Crippen molar-refractivity contribution in [3.8, 4) is 0 Å².